The predicted molar refractivity (Wildman–Crippen MR) is 101 cm³/mol. The lowest BCUT2D eigenvalue weighted by Gasteiger charge is -2.38. The van der Waals surface area contributed by atoms with Crippen molar-refractivity contribution in [3.8, 4) is 11.5 Å². The first kappa shape index (κ1) is 21.4. The first-order chi connectivity index (χ1) is 12.8. The molecule has 0 bridgehead atoms. The maximum atomic E-state index is 12.1. The number of amides is 1. The second kappa shape index (κ2) is 9.31. The second-order valence-corrected chi connectivity index (χ2v) is 7.55. The molecule has 1 atom stereocenters. The van der Waals surface area contributed by atoms with E-state index in [4.69, 9.17) is 10.5 Å². The van der Waals surface area contributed by atoms with Crippen molar-refractivity contribution in [2.45, 2.75) is 11.6 Å². The number of aromatic carboxylic acids is 1. The van der Waals surface area contributed by atoms with Crippen LogP contribution in [0.1, 0.15) is 15.9 Å². The summed E-state index contributed by atoms with van der Waals surface area (Å²) < 4.78 is 4.93. The summed E-state index contributed by atoms with van der Waals surface area (Å²) in [7, 11) is -0.459. The van der Waals surface area contributed by atoms with Gasteiger partial charge in [0.1, 0.15) is 17.1 Å². The lowest BCUT2D eigenvalue weighted by Crippen LogP contribution is -2.53. The fourth-order valence-electron chi connectivity index (χ4n) is 2.82. The van der Waals surface area contributed by atoms with Gasteiger partial charge in [-0.2, -0.15) is 11.8 Å². The predicted octanol–water partition coefficient (Wildman–Crippen LogP) is -0.828. The summed E-state index contributed by atoms with van der Waals surface area (Å²) in [5, 5.41) is 37.9. The number of likely N-dealkylation sites (tertiary alicyclic amines) is 1. The molecule has 1 aliphatic heterocycles. The molecule has 0 radical (unpaired) electrons. The molecule has 2 rings (SSSR count). The molecule has 11 heteroatoms. The number of carbonyl (C=O) groups excluding carboxylic acids is 1. The van der Waals surface area contributed by atoms with Gasteiger partial charge in [-0.05, 0) is 24.6 Å². The van der Waals surface area contributed by atoms with Gasteiger partial charge in [0, 0.05) is 24.2 Å². The van der Waals surface area contributed by atoms with Crippen molar-refractivity contribution in [3.05, 3.63) is 23.3 Å². The topological polar surface area (TPSA) is 154 Å². The third kappa shape index (κ3) is 5.07. The van der Waals surface area contributed by atoms with Crippen LogP contribution in [0.2, 0.25) is 0 Å². The van der Waals surface area contributed by atoms with E-state index in [1.54, 1.807) is 4.90 Å². The molecule has 1 fully saturated rings. The molecule has 1 heterocycles. The highest BCUT2D eigenvalue weighted by molar-refractivity contribution is 8.01. The second-order valence-electron chi connectivity index (χ2n) is 6.32. The van der Waals surface area contributed by atoms with Crippen molar-refractivity contribution in [1.82, 2.24) is 4.90 Å². The maximum absolute atomic E-state index is 12.1. The number of carbonyl (C=O) groups is 2. The van der Waals surface area contributed by atoms with Gasteiger partial charge in [0.25, 0.3) is 0 Å². The number of carboxylic acids is 1. The fourth-order valence-corrected chi connectivity index (χ4v) is 3.83. The number of benzene rings is 1. The molecule has 1 saturated heterocycles. The molecular weight excluding hydrogens is 375 g/mol. The van der Waals surface area contributed by atoms with E-state index in [1.807, 2.05) is 0 Å². The van der Waals surface area contributed by atoms with Gasteiger partial charge >= 0.3 is 13.1 Å². The summed E-state index contributed by atoms with van der Waals surface area (Å²) >= 11 is 1.04. The third-order valence-corrected chi connectivity index (χ3v) is 5.73. The lowest BCUT2D eigenvalue weighted by atomic mass is 9.81. The van der Waals surface area contributed by atoms with Gasteiger partial charge in [-0.3, -0.25) is 4.79 Å². The number of aromatic hydroxyl groups is 1. The molecule has 1 aromatic rings. The molecule has 0 aliphatic carbocycles. The Balaban J connectivity index is 2.05. The van der Waals surface area contributed by atoms with Crippen LogP contribution >= 0.6 is 11.8 Å². The third-order valence-electron chi connectivity index (χ3n) is 4.47. The maximum Gasteiger partial charge on any atom is 0.465 e. The van der Waals surface area contributed by atoms with E-state index in [1.165, 1.54) is 19.2 Å². The van der Waals surface area contributed by atoms with E-state index >= 15 is 0 Å². The molecule has 1 unspecified atom stereocenters. The Bertz CT molecular complexity index is 698. The summed E-state index contributed by atoms with van der Waals surface area (Å²) in [6.07, 6.45) is -0.0306. The van der Waals surface area contributed by atoms with Crippen molar-refractivity contribution in [1.29, 1.82) is 0 Å². The smallest absolute Gasteiger partial charge is 0.465 e. The summed E-state index contributed by atoms with van der Waals surface area (Å²) in [6.45, 7) is 1.73. The molecule has 1 amide bonds. The average Bonchev–Trinajstić information content (AvgIpc) is 2.57. The van der Waals surface area contributed by atoms with Gasteiger partial charge in [0.05, 0.1) is 12.9 Å². The minimum atomic E-state index is -1.74. The number of nitrogens with two attached hydrogens (primary N) is 1. The highest BCUT2D eigenvalue weighted by Crippen LogP contribution is 2.33. The minimum absolute atomic E-state index is 0.0000749. The highest BCUT2D eigenvalue weighted by atomic mass is 32.2. The van der Waals surface area contributed by atoms with Crippen LogP contribution in [0.3, 0.4) is 0 Å². The Kier molecular flexibility index (Phi) is 7.37. The number of phenols is 1. The standard InChI is InChI=1S/C16H23BN2O7S/c1-26-11-3-2-10(15(21)14(11)16(22)23)4-12(17(24)25)27-8-13(20)19-6-9(5-18)7-19/h2-3,9,12,21,24-25H,4-8,18H2,1H3,(H,22,23). The number of rotatable bonds is 9. The number of hydrogen-bond donors (Lipinski definition) is 5. The van der Waals surface area contributed by atoms with Gasteiger partial charge in [-0.25, -0.2) is 4.79 Å². The molecule has 0 aromatic heterocycles. The number of methoxy groups -OCH3 is 1. The largest absolute Gasteiger partial charge is 0.507 e. The van der Waals surface area contributed by atoms with Crippen LogP contribution in [0.5, 0.6) is 11.5 Å². The molecule has 6 N–H and O–H groups in total. The number of thioether (sulfide) groups is 1. The molecular formula is C16H23BN2O7S. The number of hydrogen-bond acceptors (Lipinski definition) is 8. The molecule has 0 spiro atoms. The summed E-state index contributed by atoms with van der Waals surface area (Å²) in [5.41, 5.74) is 5.36. The Labute approximate surface area is 161 Å². The van der Waals surface area contributed by atoms with Crippen molar-refractivity contribution >= 4 is 30.8 Å². The zero-order chi connectivity index (χ0) is 20.1. The van der Waals surface area contributed by atoms with Crippen molar-refractivity contribution in [2.24, 2.45) is 11.7 Å². The van der Waals surface area contributed by atoms with Gasteiger partial charge in [0.15, 0.2) is 0 Å². The van der Waals surface area contributed by atoms with Crippen molar-refractivity contribution in [2.75, 3.05) is 32.5 Å². The van der Waals surface area contributed by atoms with Crippen LogP contribution in [0.4, 0.5) is 0 Å². The Morgan fingerprint density at radius 2 is 2.07 bits per heavy atom. The van der Waals surface area contributed by atoms with E-state index in [9.17, 15) is 29.9 Å². The van der Waals surface area contributed by atoms with E-state index in [0.29, 0.717) is 25.6 Å². The summed E-state index contributed by atoms with van der Waals surface area (Å²) in [5.74, 6) is -1.62. The molecule has 9 nitrogen and oxygen atoms in total. The normalized spacial score (nSPS) is 15.2. The minimum Gasteiger partial charge on any atom is -0.507 e. The fraction of sp³-hybridized carbons (Fsp3) is 0.500. The Morgan fingerprint density at radius 3 is 2.59 bits per heavy atom. The van der Waals surface area contributed by atoms with E-state index in [2.05, 4.69) is 0 Å². The van der Waals surface area contributed by atoms with Crippen LogP contribution in [-0.2, 0) is 11.2 Å². The number of ether oxygens (including phenoxy) is 1. The monoisotopic (exact) mass is 398 g/mol. The average molecular weight is 398 g/mol. The van der Waals surface area contributed by atoms with Crippen LogP contribution < -0.4 is 10.5 Å². The molecule has 1 aliphatic rings. The number of nitrogens with zero attached hydrogens (tertiary/aromatic N) is 1. The number of carboxylic acid groups (broad SMARTS) is 1. The van der Waals surface area contributed by atoms with Gasteiger partial charge in [-0.15, -0.1) is 0 Å². The van der Waals surface area contributed by atoms with Gasteiger partial charge < -0.3 is 35.6 Å². The SMILES string of the molecule is COc1ccc(CC(SCC(=O)N2CC(CN)C2)B(O)O)c(O)c1C(=O)O. The van der Waals surface area contributed by atoms with Crippen LogP contribution in [0.15, 0.2) is 12.1 Å². The van der Waals surface area contributed by atoms with Gasteiger partial charge in [0.2, 0.25) is 5.91 Å². The van der Waals surface area contributed by atoms with Crippen LogP contribution in [0, 0.1) is 5.92 Å². The highest BCUT2D eigenvalue weighted by Gasteiger charge is 2.32. The summed E-state index contributed by atoms with van der Waals surface area (Å²) in [6, 6.07) is 2.85. The van der Waals surface area contributed by atoms with E-state index in [-0.39, 0.29) is 29.4 Å². The van der Waals surface area contributed by atoms with E-state index < -0.39 is 29.5 Å². The first-order valence-electron chi connectivity index (χ1n) is 8.36. The Hall–Kier alpha value is -1.95. The zero-order valence-corrected chi connectivity index (χ0v) is 15.7. The van der Waals surface area contributed by atoms with Gasteiger partial charge in [-0.1, -0.05) is 6.07 Å². The quantitative estimate of drug-likeness (QED) is 0.336. The summed E-state index contributed by atoms with van der Waals surface area (Å²) in [4.78, 5) is 25.1. The van der Waals surface area contributed by atoms with Crippen LogP contribution in [-0.4, -0.2) is 81.8 Å². The first-order valence-corrected chi connectivity index (χ1v) is 9.41. The lowest BCUT2D eigenvalue weighted by molar-refractivity contribution is -0.134. The molecule has 148 valence electrons. The van der Waals surface area contributed by atoms with E-state index in [0.717, 1.165) is 11.8 Å². The molecule has 1 aromatic carbocycles. The molecule has 0 saturated carbocycles. The zero-order valence-electron chi connectivity index (χ0n) is 14.9. The Morgan fingerprint density at radius 1 is 1.41 bits per heavy atom. The van der Waals surface area contributed by atoms with Crippen molar-refractivity contribution in [3.63, 3.8) is 0 Å². The molecule has 27 heavy (non-hydrogen) atoms. The van der Waals surface area contributed by atoms with Crippen molar-refractivity contribution < 1.29 is 34.6 Å². The van der Waals surface area contributed by atoms with Crippen LogP contribution in [0.25, 0.3) is 0 Å².